The molecular formula is C15H21ClN2O. The fourth-order valence-corrected chi connectivity index (χ4v) is 4.31. The Balaban J connectivity index is 1.75. The Morgan fingerprint density at radius 2 is 2.21 bits per heavy atom. The van der Waals surface area contributed by atoms with Crippen molar-refractivity contribution < 1.29 is 4.79 Å². The second-order valence-electron chi connectivity index (χ2n) is 6.11. The van der Waals surface area contributed by atoms with Crippen LogP contribution < -0.4 is 0 Å². The Morgan fingerprint density at radius 3 is 2.74 bits per heavy atom. The molecule has 2 aliphatic rings. The van der Waals surface area contributed by atoms with Gasteiger partial charge in [0.1, 0.15) is 5.78 Å². The van der Waals surface area contributed by atoms with E-state index in [9.17, 15) is 4.79 Å². The topological polar surface area (TPSA) is 34.9 Å². The van der Waals surface area contributed by atoms with Crippen molar-refractivity contribution >= 4 is 17.4 Å². The molecule has 2 saturated carbocycles. The van der Waals surface area contributed by atoms with E-state index in [1.807, 2.05) is 14.0 Å². The summed E-state index contributed by atoms with van der Waals surface area (Å²) in [4.78, 5) is 12.5. The molecule has 4 heteroatoms. The second kappa shape index (κ2) is 4.93. The van der Waals surface area contributed by atoms with Crippen molar-refractivity contribution in [3.63, 3.8) is 0 Å². The van der Waals surface area contributed by atoms with Gasteiger partial charge in [0.25, 0.3) is 0 Å². The molecule has 104 valence electrons. The Labute approximate surface area is 119 Å². The minimum atomic E-state index is 0.287. The normalized spacial score (nSPS) is 29.1. The molecule has 1 aromatic rings. The number of hydrogen-bond acceptors (Lipinski definition) is 2. The molecule has 2 fully saturated rings. The number of aromatic nitrogens is 2. The maximum Gasteiger partial charge on any atom is 0.142 e. The SMILES string of the molecule is CCc1nn(C)c(CC(=O)C2CC3CCC2C3)c1Cl. The van der Waals surface area contributed by atoms with Gasteiger partial charge in [-0.3, -0.25) is 9.48 Å². The van der Waals surface area contributed by atoms with E-state index in [2.05, 4.69) is 5.10 Å². The van der Waals surface area contributed by atoms with Crippen LogP contribution in [0.2, 0.25) is 5.02 Å². The van der Waals surface area contributed by atoms with Gasteiger partial charge in [-0.25, -0.2) is 0 Å². The number of halogens is 1. The molecule has 3 rings (SSSR count). The van der Waals surface area contributed by atoms with Crippen LogP contribution in [0.4, 0.5) is 0 Å². The fourth-order valence-electron chi connectivity index (χ4n) is 3.95. The van der Waals surface area contributed by atoms with Gasteiger partial charge in [0, 0.05) is 13.0 Å². The van der Waals surface area contributed by atoms with Crippen LogP contribution in [0.25, 0.3) is 0 Å². The van der Waals surface area contributed by atoms with E-state index in [1.54, 1.807) is 4.68 Å². The van der Waals surface area contributed by atoms with Crippen LogP contribution >= 0.6 is 11.6 Å². The van der Waals surface area contributed by atoms with Gasteiger partial charge in [-0.05, 0) is 37.5 Å². The molecule has 3 atom stereocenters. The molecule has 1 heterocycles. The Hall–Kier alpha value is -0.830. The Bertz CT molecular complexity index is 508. The molecule has 0 spiro atoms. The van der Waals surface area contributed by atoms with Gasteiger partial charge in [0.05, 0.1) is 22.8 Å². The zero-order valence-corrected chi connectivity index (χ0v) is 12.4. The summed E-state index contributed by atoms with van der Waals surface area (Å²) >= 11 is 6.32. The number of aryl methyl sites for hydroxylation is 2. The van der Waals surface area contributed by atoms with Crippen LogP contribution in [0.5, 0.6) is 0 Å². The van der Waals surface area contributed by atoms with Crippen molar-refractivity contribution in [1.82, 2.24) is 9.78 Å². The molecule has 0 aromatic carbocycles. The maximum atomic E-state index is 12.5. The molecule has 0 radical (unpaired) electrons. The zero-order chi connectivity index (χ0) is 13.6. The van der Waals surface area contributed by atoms with Crippen LogP contribution in [-0.2, 0) is 24.7 Å². The van der Waals surface area contributed by atoms with Crippen molar-refractivity contribution in [3.05, 3.63) is 16.4 Å². The van der Waals surface area contributed by atoms with Gasteiger partial charge < -0.3 is 0 Å². The molecule has 3 nitrogen and oxygen atoms in total. The molecule has 2 aliphatic carbocycles. The highest BCUT2D eigenvalue weighted by atomic mass is 35.5. The third-order valence-corrected chi connectivity index (χ3v) is 5.43. The predicted molar refractivity (Wildman–Crippen MR) is 75.2 cm³/mol. The minimum absolute atomic E-state index is 0.287. The number of rotatable bonds is 4. The smallest absolute Gasteiger partial charge is 0.142 e. The van der Waals surface area contributed by atoms with Crippen LogP contribution in [0.3, 0.4) is 0 Å². The number of hydrogen-bond donors (Lipinski definition) is 0. The van der Waals surface area contributed by atoms with Gasteiger partial charge in [0.2, 0.25) is 0 Å². The largest absolute Gasteiger partial charge is 0.299 e. The number of fused-ring (bicyclic) bond motifs is 2. The van der Waals surface area contributed by atoms with Crippen LogP contribution in [0.1, 0.15) is 44.0 Å². The molecule has 2 bridgehead atoms. The lowest BCUT2D eigenvalue weighted by Crippen LogP contribution is -2.23. The minimum Gasteiger partial charge on any atom is -0.299 e. The Morgan fingerprint density at radius 1 is 1.42 bits per heavy atom. The lowest BCUT2D eigenvalue weighted by Gasteiger charge is -2.20. The van der Waals surface area contributed by atoms with Crippen molar-refractivity contribution in [2.24, 2.45) is 24.8 Å². The summed E-state index contributed by atoms with van der Waals surface area (Å²) in [5, 5.41) is 5.08. The Kier molecular flexibility index (Phi) is 3.42. The molecule has 0 aliphatic heterocycles. The van der Waals surface area contributed by atoms with Gasteiger partial charge in [-0.15, -0.1) is 0 Å². The summed E-state index contributed by atoms with van der Waals surface area (Å²) < 4.78 is 1.78. The highest BCUT2D eigenvalue weighted by Gasteiger charge is 2.42. The highest BCUT2D eigenvalue weighted by molar-refractivity contribution is 6.32. The first-order valence-corrected chi connectivity index (χ1v) is 7.70. The van der Waals surface area contributed by atoms with E-state index in [1.165, 1.54) is 19.3 Å². The van der Waals surface area contributed by atoms with Gasteiger partial charge >= 0.3 is 0 Å². The monoisotopic (exact) mass is 280 g/mol. The highest BCUT2D eigenvalue weighted by Crippen LogP contribution is 2.48. The first-order valence-electron chi connectivity index (χ1n) is 7.33. The zero-order valence-electron chi connectivity index (χ0n) is 11.7. The standard InChI is InChI=1S/C15H21ClN2O/c1-3-12-15(16)13(18(2)17-12)8-14(19)11-7-9-4-5-10(11)6-9/h9-11H,3-8H2,1-2H3. The van der Waals surface area contributed by atoms with E-state index in [4.69, 9.17) is 11.6 Å². The lowest BCUT2D eigenvalue weighted by atomic mass is 9.84. The number of nitrogens with zero attached hydrogens (tertiary/aromatic N) is 2. The van der Waals surface area contributed by atoms with Gasteiger partial charge in [0.15, 0.2) is 0 Å². The predicted octanol–water partition coefficient (Wildman–Crippen LogP) is 3.18. The summed E-state index contributed by atoms with van der Waals surface area (Å²) in [6, 6.07) is 0. The number of carbonyl (C=O) groups is 1. The third-order valence-electron chi connectivity index (χ3n) is 5.00. The second-order valence-corrected chi connectivity index (χ2v) is 6.49. The fraction of sp³-hybridized carbons (Fsp3) is 0.733. The lowest BCUT2D eigenvalue weighted by molar-refractivity contribution is -0.123. The average Bonchev–Trinajstić information content (AvgIpc) is 3.08. The summed E-state index contributed by atoms with van der Waals surface area (Å²) in [6.45, 7) is 2.04. The summed E-state index contributed by atoms with van der Waals surface area (Å²) in [7, 11) is 1.88. The number of ketones is 1. The van der Waals surface area contributed by atoms with E-state index >= 15 is 0 Å². The molecule has 3 unspecified atom stereocenters. The molecule has 1 aromatic heterocycles. The summed E-state index contributed by atoms with van der Waals surface area (Å²) in [5.74, 6) is 2.12. The van der Waals surface area contributed by atoms with E-state index in [0.717, 1.165) is 30.1 Å². The van der Waals surface area contributed by atoms with Gasteiger partial charge in [-0.2, -0.15) is 5.10 Å². The van der Waals surface area contributed by atoms with Crippen LogP contribution in [-0.4, -0.2) is 15.6 Å². The van der Waals surface area contributed by atoms with Crippen molar-refractivity contribution in [2.45, 2.75) is 45.4 Å². The average molecular weight is 281 g/mol. The van der Waals surface area contributed by atoms with Gasteiger partial charge in [-0.1, -0.05) is 24.9 Å². The molecule has 0 saturated heterocycles. The molecular weight excluding hydrogens is 260 g/mol. The van der Waals surface area contributed by atoms with E-state index in [-0.39, 0.29) is 5.92 Å². The maximum absolute atomic E-state index is 12.5. The summed E-state index contributed by atoms with van der Waals surface area (Å²) in [6.07, 6.45) is 6.24. The summed E-state index contributed by atoms with van der Waals surface area (Å²) in [5.41, 5.74) is 1.80. The molecule has 0 amide bonds. The van der Waals surface area contributed by atoms with Crippen LogP contribution in [0, 0.1) is 17.8 Å². The van der Waals surface area contributed by atoms with Crippen molar-refractivity contribution in [2.75, 3.05) is 0 Å². The van der Waals surface area contributed by atoms with Crippen molar-refractivity contribution in [1.29, 1.82) is 0 Å². The first-order chi connectivity index (χ1) is 9.10. The number of carbonyl (C=O) groups excluding carboxylic acids is 1. The third kappa shape index (κ3) is 2.22. The van der Waals surface area contributed by atoms with Crippen LogP contribution in [0.15, 0.2) is 0 Å². The van der Waals surface area contributed by atoms with E-state index in [0.29, 0.717) is 23.1 Å². The quantitative estimate of drug-likeness (QED) is 0.849. The molecule has 19 heavy (non-hydrogen) atoms. The first kappa shape index (κ1) is 13.2. The van der Waals surface area contributed by atoms with E-state index < -0.39 is 0 Å². The van der Waals surface area contributed by atoms with Crippen molar-refractivity contribution in [3.8, 4) is 0 Å². The number of Topliss-reactive ketones (excluding diaryl/α,β-unsaturated/α-hetero) is 1. The molecule has 0 N–H and O–H groups in total.